The molecule has 0 aliphatic carbocycles. The van der Waals surface area contributed by atoms with Gasteiger partial charge in [0.15, 0.2) is 0 Å². The van der Waals surface area contributed by atoms with E-state index in [2.05, 4.69) is 5.32 Å². The van der Waals surface area contributed by atoms with Crippen molar-refractivity contribution in [2.45, 2.75) is 51.3 Å². The van der Waals surface area contributed by atoms with E-state index in [1.807, 2.05) is 13.8 Å². The SMILES string of the molecule is CC1OCCC1(C)NC(=O)C(C)(C)N. The highest BCUT2D eigenvalue weighted by atomic mass is 16.5. The Bertz CT molecular complexity index is 235. The number of rotatable bonds is 2. The van der Waals surface area contributed by atoms with E-state index >= 15 is 0 Å². The summed E-state index contributed by atoms with van der Waals surface area (Å²) < 4.78 is 5.43. The third kappa shape index (κ3) is 2.25. The molecule has 1 aliphatic heterocycles. The van der Waals surface area contributed by atoms with E-state index in [1.165, 1.54) is 0 Å². The summed E-state index contributed by atoms with van der Waals surface area (Å²) in [5, 5.41) is 2.96. The number of carbonyl (C=O) groups excluding carboxylic acids is 1. The molecule has 0 aromatic carbocycles. The van der Waals surface area contributed by atoms with Crippen molar-refractivity contribution in [3.05, 3.63) is 0 Å². The number of nitrogens with two attached hydrogens (primary N) is 1. The molecular weight excluding hydrogens is 180 g/mol. The standard InChI is InChI=1S/C10H20N2O2/c1-7-10(4,5-6-14-7)12-8(13)9(2,3)11/h7H,5-6,11H2,1-4H3,(H,12,13). The van der Waals surface area contributed by atoms with Crippen molar-refractivity contribution in [2.24, 2.45) is 5.73 Å². The van der Waals surface area contributed by atoms with Crippen LogP contribution in [0.25, 0.3) is 0 Å². The minimum absolute atomic E-state index is 0.0498. The molecular formula is C10H20N2O2. The molecule has 1 fully saturated rings. The van der Waals surface area contributed by atoms with Gasteiger partial charge in [0.05, 0.1) is 17.2 Å². The highest BCUT2D eigenvalue weighted by Gasteiger charge is 2.40. The van der Waals surface area contributed by atoms with Crippen molar-refractivity contribution in [3.8, 4) is 0 Å². The van der Waals surface area contributed by atoms with Crippen LogP contribution in [0.4, 0.5) is 0 Å². The molecule has 4 heteroatoms. The van der Waals surface area contributed by atoms with Crippen molar-refractivity contribution in [1.29, 1.82) is 0 Å². The summed E-state index contributed by atoms with van der Waals surface area (Å²) in [6.45, 7) is 8.06. The van der Waals surface area contributed by atoms with Gasteiger partial charge in [-0.3, -0.25) is 4.79 Å². The third-order valence-electron chi connectivity index (χ3n) is 2.87. The van der Waals surface area contributed by atoms with Crippen LogP contribution in [0.5, 0.6) is 0 Å². The van der Waals surface area contributed by atoms with Crippen molar-refractivity contribution in [3.63, 3.8) is 0 Å². The van der Waals surface area contributed by atoms with Crippen LogP contribution in [0.3, 0.4) is 0 Å². The Balaban J connectivity index is 2.64. The van der Waals surface area contributed by atoms with Gasteiger partial charge < -0.3 is 15.8 Å². The summed E-state index contributed by atoms with van der Waals surface area (Å²) in [5.41, 5.74) is 4.61. The van der Waals surface area contributed by atoms with Crippen molar-refractivity contribution < 1.29 is 9.53 Å². The lowest BCUT2D eigenvalue weighted by atomic mass is 9.93. The fraction of sp³-hybridized carbons (Fsp3) is 0.900. The van der Waals surface area contributed by atoms with Gasteiger partial charge in [-0.15, -0.1) is 0 Å². The van der Waals surface area contributed by atoms with Gasteiger partial charge in [-0.2, -0.15) is 0 Å². The zero-order valence-corrected chi connectivity index (χ0v) is 9.39. The maximum Gasteiger partial charge on any atom is 0.240 e. The Morgan fingerprint density at radius 3 is 2.57 bits per heavy atom. The number of hydrogen-bond acceptors (Lipinski definition) is 3. The minimum Gasteiger partial charge on any atom is -0.376 e. The molecule has 1 heterocycles. The molecule has 1 aliphatic rings. The summed E-state index contributed by atoms with van der Waals surface area (Å²) in [6, 6.07) is 0. The summed E-state index contributed by atoms with van der Waals surface area (Å²) in [6.07, 6.45) is 0.893. The smallest absolute Gasteiger partial charge is 0.240 e. The second kappa shape index (κ2) is 3.51. The van der Waals surface area contributed by atoms with E-state index in [1.54, 1.807) is 13.8 Å². The van der Waals surface area contributed by atoms with Crippen molar-refractivity contribution in [1.82, 2.24) is 5.32 Å². The average molecular weight is 200 g/mol. The third-order valence-corrected chi connectivity index (χ3v) is 2.87. The zero-order valence-electron chi connectivity index (χ0n) is 9.39. The highest BCUT2D eigenvalue weighted by Crippen LogP contribution is 2.25. The van der Waals surface area contributed by atoms with Gasteiger partial charge in [0.1, 0.15) is 0 Å². The summed E-state index contributed by atoms with van der Waals surface area (Å²) in [7, 11) is 0. The first kappa shape index (κ1) is 11.5. The van der Waals surface area contributed by atoms with Crippen LogP contribution in [-0.4, -0.2) is 29.7 Å². The molecule has 14 heavy (non-hydrogen) atoms. The lowest BCUT2D eigenvalue weighted by molar-refractivity contribution is -0.127. The largest absolute Gasteiger partial charge is 0.376 e. The summed E-state index contributed by atoms with van der Waals surface area (Å²) >= 11 is 0. The van der Waals surface area contributed by atoms with Crippen LogP contribution in [0.15, 0.2) is 0 Å². The van der Waals surface area contributed by atoms with E-state index in [0.29, 0.717) is 6.61 Å². The molecule has 0 saturated carbocycles. The van der Waals surface area contributed by atoms with E-state index in [9.17, 15) is 4.79 Å². The highest BCUT2D eigenvalue weighted by molar-refractivity contribution is 5.85. The Morgan fingerprint density at radius 1 is 1.64 bits per heavy atom. The molecule has 82 valence electrons. The molecule has 0 aromatic heterocycles. The molecule has 2 unspecified atom stereocenters. The molecule has 0 bridgehead atoms. The lowest BCUT2D eigenvalue weighted by Gasteiger charge is -2.32. The van der Waals surface area contributed by atoms with Crippen LogP contribution < -0.4 is 11.1 Å². The molecule has 0 radical (unpaired) electrons. The van der Waals surface area contributed by atoms with Gasteiger partial charge in [-0.1, -0.05) is 0 Å². The maximum absolute atomic E-state index is 11.7. The van der Waals surface area contributed by atoms with Gasteiger partial charge in [-0.25, -0.2) is 0 Å². The Morgan fingerprint density at radius 2 is 2.21 bits per heavy atom. The second-order valence-corrected chi connectivity index (χ2v) is 4.86. The van der Waals surface area contributed by atoms with Gasteiger partial charge >= 0.3 is 0 Å². The predicted octanol–water partition coefficient (Wildman–Crippen LogP) is 0.407. The molecule has 1 saturated heterocycles. The first-order valence-electron chi connectivity index (χ1n) is 4.99. The molecule has 0 aromatic rings. The Hall–Kier alpha value is -0.610. The maximum atomic E-state index is 11.7. The molecule has 3 N–H and O–H groups in total. The van der Waals surface area contributed by atoms with E-state index < -0.39 is 5.54 Å². The van der Waals surface area contributed by atoms with Gasteiger partial charge in [0.25, 0.3) is 0 Å². The van der Waals surface area contributed by atoms with Gasteiger partial charge in [0, 0.05) is 6.61 Å². The lowest BCUT2D eigenvalue weighted by Crippen LogP contribution is -2.59. The zero-order chi connectivity index (χ0) is 11.0. The van der Waals surface area contributed by atoms with Crippen molar-refractivity contribution >= 4 is 5.91 Å². The second-order valence-electron chi connectivity index (χ2n) is 4.86. The number of carbonyl (C=O) groups is 1. The average Bonchev–Trinajstić information content (AvgIpc) is 2.30. The van der Waals surface area contributed by atoms with Crippen LogP contribution >= 0.6 is 0 Å². The molecule has 4 nitrogen and oxygen atoms in total. The number of ether oxygens (including phenoxy) is 1. The number of hydrogen-bond donors (Lipinski definition) is 2. The summed E-state index contributed by atoms with van der Waals surface area (Å²) in [5.74, 6) is -0.127. The van der Waals surface area contributed by atoms with Gasteiger partial charge in [0.2, 0.25) is 5.91 Å². The molecule has 1 rings (SSSR count). The molecule has 1 amide bonds. The van der Waals surface area contributed by atoms with Crippen LogP contribution in [0.2, 0.25) is 0 Å². The normalized spacial score (nSPS) is 33.1. The summed E-state index contributed by atoms with van der Waals surface area (Å²) in [4.78, 5) is 11.7. The fourth-order valence-electron chi connectivity index (χ4n) is 1.42. The molecule has 0 spiro atoms. The predicted molar refractivity (Wildman–Crippen MR) is 54.8 cm³/mol. The van der Waals surface area contributed by atoms with Crippen molar-refractivity contribution in [2.75, 3.05) is 6.61 Å². The van der Waals surface area contributed by atoms with E-state index in [4.69, 9.17) is 10.5 Å². The Kier molecular flexibility index (Phi) is 2.88. The minimum atomic E-state index is -0.828. The molecule has 2 atom stereocenters. The first-order valence-corrected chi connectivity index (χ1v) is 4.99. The number of amides is 1. The Labute approximate surface area is 85.2 Å². The monoisotopic (exact) mass is 200 g/mol. The van der Waals surface area contributed by atoms with Crippen LogP contribution in [-0.2, 0) is 9.53 Å². The topological polar surface area (TPSA) is 64.3 Å². The van der Waals surface area contributed by atoms with E-state index in [-0.39, 0.29) is 17.6 Å². The fourth-order valence-corrected chi connectivity index (χ4v) is 1.42. The quantitative estimate of drug-likeness (QED) is 0.678. The van der Waals surface area contributed by atoms with E-state index in [0.717, 1.165) is 6.42 Å². The van der Waals surface area contributed by atoms with Crippen LogP contribution in [0, 0.1) is 0 Å². The van der Waals surface area contributed by atoms with Gasteiger partial charge in [-0.05, 0) is 34.1 Å². The number of nitrogens with one attached hydrogen (secondary N) is 1. The van der Waals surface area contributed by atoms with Crippen LogP contribution in [0.1, 0.15) is 34.1 Å². The first-order chi connectivity index (χ1) is 6.26.